The first kappa shape index (κ1) is 11.8. The van der Waals surface area contributed by atoms with Crippen molar-refractivity contribution in [1.29, 1.82) is 0 Å². The average Bonchev–Trinajstić information content (AvgIpc) is 2.61. The van der Waals surface area contributed by atoms with Crippen LogP contribution in [-0.4, -0.2) is 20.9 Å². The number of aromatic nitrogens is 2. The summed E-state index contributed by atoms with van der Waals surface area (Å²) in [5, 5.41) is 13.4. The van der Waals surface area contributed by atoms with E-state index in [0.29, 0.717) is 6.42 Å². The van der Waals surface area contributed by atoms with Crippen molar-refractivity contribution in [3.05, 3.63) is 17.5 Å². The molecule has 1 aromatic rings. The molecule has 1 atom stereocenters. The van der Waals surface area contributed by atoms with Gasteiger partial charge in [0.2, 0.25) is 0 Å². The number of carboxylic acid groups (broad SMARTS) is 1. The Bertz CT molecular complexity index is 344. The maximum atomic E-state index is 11.0. The van der Waals surface area contributed by atoms with Gasteiger partial charge in [-0.2, -0.15) is 5.10 Å². The highest BCUT2D eigenvalue weighted by Gasteiger charge is 2.20. The largest absolute Gasteiger partial charge is 0.480 e. The van der Waals surface area contributed by atoms with Crippen LogP contribution < -0.4 is 0 Å². The Morgan fingerprint density at radius 1 is 1.47 bits per heavy atom. The van der Waals surface area contributed by atoms with Crippen molar-refractivity contribution in [3.63, 3.8) is 0 Å². The summed E-state index contributed by atoms with van der Waals surface area (Å²) < 4.78 is 1.65. The maximum absolute atomic E-state index is 11.0. The van der Waals surface area contributed by atoms with Crippen molar-refractivity contribution < 1.29 is 9.90 Å². The number of aliphatic carboxylic acids is 1. The second-order valence-electron chi connectivity index (χ2n) is 3.54. The van der Waals surface area contributed by atoms with Crippen molar-refractivity contribution in [2.75, 3.05) is 0 Å². The predicted molar refractivity (Wildman–Crippen MR) is 57.9 cm³/mol. The van der Waals surface area contributed by atoms with Crippen LogP contribution >= 0.6 is 0 Å². The molecule has 84 valence electrons. The lowest BCUT2D eigenvalue weighted by Crippen LogP contribution is -2.21. The van der Waals surface area contributed by atoms with Crippen molar-refractivity contribution in [3.8, 4) is 0 Å². The Kier molecular flexibility index (Phi) is 3.88. The van der Waals surface area contributed by atoms with Gasteiger partial charge in [0.25, 0.3) is 0 Å². The Balaban J connectivity index is 3.09. The van der Waals surface area contributed by atoms with Gasteiger partial charge in [0.05, 0.1) is 5.69 Å². The summed E-state index contributed by atoms with van der Waals surface area (Å²) in [5.41, 5.74) is 1.97. The summed E-state index contributed by atoms with van der Waals surface area (Å²) in [4.78, 5) is 11.0. The number of aryl methyl sites for hydroxylation is 2. The van der Waals surface area contributed by atoms with Crippen molar-refractivity contribution in [1.82, 2.24) is 9.78 Å². The van der Waals surface area contributed by atoms with Gasteiger partial charge in [0.15, 0.2) is 0 Å². The van der Waals surface area contributed by atoms with E-state index in [1.807, 2.05) is 26.8 Å². The number of carboxylic acids is 1. The molecule has 0 spiro atoms. The van der Waals surface area contributed by atoms with Crippen LogP contribution in [0.4, 0.5) is 0 Å². The molecule has 0 radical (unpaired) electrons. The third kappa shape index (κ3) is 2.37. The molecule has 0 aliphatic carbocycles. The SMILES string of the molecule is CCc1cc(CC)n(C(CC)C(=O)O)n1. The molecule has 1 aromatic heterocycles. The maximum Gasteiger partial charge on any atom is 0.328 e. The molecule has 4 nitrogen and oxygen atoms in total. The fraction of sp³-hybridized carbons (Fsp3) is 0.636. The van der Waals surface area contributed by atoms with Crippen LogP contribution in [0.15, 0.2) is 6.07 Å². The molecule has 1 rings (SSSR count). The lowest BCUT2D eigenvalue weighted by Gasteiger charge is -2.13. The quantitative estimate of drug-likeness (QED) is 0.809. The second kappa shape index (κ2) is 4.96. The Hall–Kier alpha value is -1.32. The number of carbonyl (C=O) groups is 1. The number of rotatable bonds is 5. The fourth-order valence-corrected chi connectivity index (χ4v) is 1.65. The molecule has 0 aromatic carbocycles. The van der Waals surface area contributed by atoms with E-state index in [-0.39, 0.29) is 0 Å². The molecule has 0 saturated carbocycles. The summed E-state index contributed by atoms with van der Waals surface area (Å²) in [7, 11) is 0. The van der Waals surface area contributed by atoms with E-state index in [0.717, 1.165) is 24.2 Å². The van der Waals surface area contributed by atoms with Gasteiger partial charge < -0.3 is 5.11 Å². The lowest BCUT2D eigenvalue weighted by molar-refractivity contribution is -0.141. The summed E-state index contributed by atoms with van der Waals surface area (Å²) in [6.07, 6.45) is 2.22. The van der Waals surface area contributed by atoms with Gasteiger partial charge in [0, 0.05) is 5.69 Å². The highest BCUT2D eigenvalue weighted by atomic mass is 16.4. The van der Waals surface area contributed by atoms with E-state index in [4.69, 9.17) is 5.11 Å². The minimum atomic E-state index is -0.807. The Morgan fingerprint density at radius 2 is 2.13 bits per heavy atom. The van der Waals surface area contributed by atoms with E-state index in [9.17, 15) is 4.79 Å². The molecule has 0 fully saturated rings. The van der Waals surface area contributed by atoms with Gasteiger partial charge in [0.1, 0.15) is 6.04 Å². The van der Waals surface area contributed by atoms with Crippen LogP contribution in [0.2, 0.25) is 0 Å². The number of nitrogens with zero attached hydrogens (tertiary/aromatic N) is 2. The van der Waals surface area contributed by atoms with Crippen molar-refractivity contribution >= 4 is 5.97 Å². The fourth-order valence-electron chi connectivity index (χ4n) is 1.65. The van der Waals surface area contributed by atoms with Gasteiger partial charge in [-0.15, -0.1) is 0 Å². The molecule has 1 heterocycles. The normalized spacial score (nSPS) is 12.7. The van der Waals surface area contributed by atoms with E-state index >= 15 is 0 Å². The molecular weight excluding hydrogens is 192 g/mol. The second-order valence-corrected chi connectivity index (χ2v) is 3.54. The summed E-state index contributed by atoms with van der Waals surface area (Å²) >= 11 is 0. The van der Waals surface area contributed by atoms with Gasteiger partial charge in [-0.25, -0.2) is 4.79 Å². The number of hydrogen-bond acceptors (Lipinski definition) is 2. The third-order valence-corrected chi connectivity index (χ3v) is 2.56. The summed E-state index contributed by atoms with van der Waals surface area (Å²) in [5.74, 6) is -0.807. The van der Waals surface area contributed by atoms with Gasteiger partial charge in [-0.1, -0.05) is 20.8 Å². The standard InChI is InChI=1S/C11H18N2O2/c1-4-8-7-9(5-2)13(12-8)10(6-3)11(14)15/h7,10H,4-6H2,1-3H3,(H,14,15). The Labute approximate surface area is 89.9 Å². The van der Waals surface area contributed by atoms with E-state index < -0.39 is 12.0 Å². The predicted octanol–water partition coefficient (Wildman–Crippen LogP) is 2.04. The minimum Gasteiger partial charge on any atom is -0.480 e. The van der Waals surface area contributed by atoms with Crippen LogP contribution in [0.25, 0.3) is 0 Å². The molecule has 1 N–H and O–H groups in total. The first-order valence-electron chi connectivity index (χ1n) is 5.44. The zero-order chi connectivity index (χ0) is 11.4. The van der Waals surface area contributed by atoms with Crippen LogP contribution in [0.3, 0.4) is 0 Å². The van der Waals surface area contributed by atoms with Crippen LogP contribution in [0.1, 0.15) is 44.6 Å². The van der Waals surface area contributed by atoms with Crippen LogP contribution in [0.5, 0.6) is 0 Å². The zero-order valence-corrected chi connectivity index (χ0v) is 9.53. The van der Waals surface area contributed by atoms with Crippen LogP contribution in [-0.2, 0) is 17.6 Å². The van der Waals surface area contributed by atoms with Crippen molar-refractivity contribution in [2.45, 2.75) is 46.1 Å². The molecule has 0 saturated heterocycles. The molecule has 0 bridgehead atoms. The van der Waals surface area contributed by atoms with E-state index in [1.165, 1.54) is 0 Å². The van der Waals surface area contributed by atoms with E-state index in [1.54, 1.807) is 4.68 Å². The van der Waals surface area contributed by atoms with Crippen LogP contribution in [0, 0.1) is 0 Å². The Morgan fingerprint density at radius 3 is 2.53 bits per heavy atom. The smallest absolute Gasteiger partial charge is 0.328 e. The molecule has 0 aliphatic heterocycles. The summed E-state index contributed by atoms with van der Waals surface area (Å²) in [6.45, 7) is 5.90. The molecule has 4 heteroatoms. The molecule has 0 amide bonds. The monoisotopic (exact) mass is 210 g/mol. The minimum absolute atomic E-state index is 0.528. The van der Waals surface area contributed by atoms with Gasteiger partial charge >= 0.3 is 5.97 Å². The first-order chi connectivity index (χ1) is 7.13. The first-order valence-corrected chi connectivity index (χ1v) is 5.44. The summed E-state index contributed by atoms with van der Waals surface area (Å²) in [6, 6.07) is 1.46. The zero-order valence-electron chi connectivity index (χ0n) is 9.53. The molecular formula is C11H18N2O2. The van der Waals surface area contributed by atoms with Crippen molar-refractivity contribution in [2.24, 2.45) is 0 Å². The highest BCUT2D eigenvalue weighted by Crippen LogP contribution is 2.16. The highest BCUT2D eigenvalue weighted by molar-refractivity contribution is 5.71. The molecule has 0 aliphatic rings. The van der Waals surface area contributed by atoms with E-state index in [2.05, 4.69) is 5.10 Å². The topological polar surface area (TPSA) is 55.1 Å². The van der Waals surface area contributed by atoms with Gasteiger partial charge in [-0.3, -0.25) is 4.68 Å². The number of hydrogen-bond donors (Lipinski definition) is 1. The molecule has 15 heavy (non-hydrogen) atoms. The third-order valence-electron chi connectivity index (χ3n) is 2.56. The molecule has 1 unspecified atom stereocenters. The average molecular weight is 210 g/mol. The van der Waals surface area contributed by atoms with Gasteiger partial charge in [-0.05, 0) is 25.3 Å². The lowest BCUT2D eigenvalue weighted by atomic mass is 10.2.